The molecule has 0 atom stereocenters. The van der Waals surface area contributed by atoms with E-state index in [2.05, 4.69) is 76.5 Å². The first-order valence-corrected chi connectivity index (χ1v) is 9.65. The van der Waals surface area contributed by atoms with Crippen molar-refractivity contribution in [2.75, 3.05) is 31.1 Å². The van der Waals surface area contributed by atoms with E-state index >= 15 is 0 Å². The number of hydrogen-bond acceptors (Lipinski definition) is 5. The first-order valence-electron chi connectivity index (χ1n) is 9.24. The van der Waals surface area contributed by atoms with Gasteiger partial charge in [0, 0.05) is 31.9 Å². The SMILES string of the molecule is Cc1ccc(-n2nnn(CN3CCN(c4ccccc4)CC3)c2=S)cc1C. The third kappa shape index (κ3) is 3.79. The van der Waals surface area contributed by atoms with Crippen LogP contribution in [-0.4, -0.2) is 50.9 Å². The molecular weight excluding hydrogens is 356 g/mol. The van der Waals surface area contributed by atoms with Crippen molar-refractivity contribution in [3.05, 3.63) is 64.4 Å². The van der Waals surface area contributed by atoms with E-state index in [0.29, 0.717) is 11.4 Å². The number of nitrogens with zero attached hydrogens (tertiary/aromatic N) is 6. The smallest absolute Gasteiger partial charge is 0.221 e. The Labute approximate surface area is 164 Å². The molecule has 0 N–H and O–H groups in total. The van der Waals surface area contributed by atoms with E-state index in [-0.39, 0.29) is 0 Å². The number of aromatic nitrogens is 4. The predicted octanol–water partition coefficient (Wildman–Crippen LogP) is 3.19. The van der Waals surface area contributed by atoms with Crippen molar-refractivity contribution in [2.45, 2.75) is 20.5 Å². The number of piperazine rings is 1. The lowest BCUT2D eigenvalue weighted by atomic mass is 10.1. The maximum atomic E-state index is 5.62. The van der Waals surface area contributed by atoms with Gasteiger partial charge in [0.15, 0.2) is 0 Å². The van der Waals surface area contributed by atoms with E-state index in [4.69, 9.17) is 12.2 Å². The molecule has 7 heteroatoms. The van der Waals surface area contributed by atoms with Crippen molar-refractivity contribution in [3.63, 3.8) is 0 Å². The molecule has 140 valence electrons. The fraction of sp³-hybridized carbons (Fsp3) is 0.350. The topological polar surface area (TPSA) is 42.1 Å². The average Bonchev–Trinajstić information content (AvgIpc) is 3.06. The highest BCUT2D eigenvalue weighted by atomic mass is 32.1. The minimum Gasteiger partial charge on any atom is -0.369 e. The van der Waals surface area contributed by atoms with Crippen molar-refractivity contribution < 1.29 is 0 Å². The van der Waals surface area contributed by atoms with Gasteiger partial charge in [-0.3, -0.25) is 4.90 Å². The summed E-state index contributed by atoms with van der Waals surface area (Å²) in [6, 6.07) is 16.8. The molecule has 2 aromatic carbocycles. The minimum atomic E-state index is 0.628. The number of aryl methyl sites for hydroxylation is 2. The zero-order valence-corrected chi connectivity index (χ0v) is 16.6. The van der Waals surface area contributed by atoms with Gasteiger partial charge in [0.1, 0.15) is 0 Å². The molecule has 1 aliphatic heterocycles. The molecule has 3 aromatic rings. The Morgan fingerprint density at radius 3 is 2.30 bits per heavy atom. The molecule has 1 saturated heterocycles. The summed E-state index contributed by atoms with van der Waals surface area (Å²) in [5, 5.41) is 8.56. The van der Waals surface area contributed by atoms with Crippen LogP contribution in [0.1, 0.15) is 11.1 Å². The van der Waals surface area contributed by atoms with Gasteiger partial charge >= 0.3 is 0 Å². The van der Waals surface area contributed by atoms with Gasteiger partial charge in [0.2, 0.25) is 4.77 Å². The summed E-state index contributed by atoms with van der Waals surface area (Å²) in [5.41, 5.74) is 4.73. The lowest BCUT2D eigenvalue weighted by Crippen LogP contribution is -2.47. The Bertz CT molecular complexity index is 970. The molecule has 4 rings (SSSR count). The summed E-state index contributed by atoms with van der Waals surface area (Å²) < 4.78 is 4.17. The van der Waals surface area contributed by atoms with Crippen LogP contribution in [0.3, 0.4) is 0 Å². The molecule has 0 amide bonds. The summed E-state index contributed by atoms with van der Waals surface area (Å²) in [6.07, 6.45) is 0. The van der Waals surface area contributed by atoms with Gasteiger partial charge < -0.3 is 4.90 Å². The Balaban J connectivity index is 1.43. The lowest BCUT2D eigenvalue weighted by Gasteiger charge is -2.35. The van der Waals surface area contributed by atoms with Crippen molar-refractivity contribution >= 4 is 17.9 Å². The van der Waals surface area contributed by atoms with Gasteiger partial charge in [-0.25, -0.2) is 4.68 Å². The van der Waals surface area contributed by atoms with Crippen molar-refractivity contribution in [3.8, 4) is 5.69 Å². The number of rotatable bonds is 4. The predicted molar refractivity (Wildman–Crippen MR) is 110 cm³/mol. The molecule has 0 saturated carbocycles. The van der Waals surface area contributed by atoms with Crippen LogP contribution in [0.15, 0.2) is 48.5 Å². The Morgan fingerprint density at radius 2 is 1.59 bits per heavy atom. The van der Waals surface area contributed by atoms with Crippen LogP contribution >= 0.6 is 12.2 Å². The van der Waals surface area contributed by atoms with Gasteiger partial charge in [-0.05, 0) is 71.9 Å². The zero-order chi connectivity index (χ0) is 18.8. The quantitative estimate of drug-likeness (QED) is 0.650. The van der Waals surface area contributed by atoms with Gasteiger partial charge in [-0.15, -0.1) is 0 Å². The highest BCUT2D eigenvalue weighted by Crippen LogP contribution is 2.16. The number of tetrazole rings is 1. The molecule has 6 nitrogen and oxygen atoms in total. The third-order valence-electron chi connectivity index (χ3n) is 5.20. The molecule has 0 unspecified atom stereocenters. The maximum absolute atomic E-state index is 5.62. The number of hydrogen-bond donors (Lipinski definition) is 0. The van der Waals surface area contributed by atoms with E-state index in [9.17, 15) is 0 Å². The van der Waals surface area contributed by atoms with Crippen molar-refractivity contribution in [1.29, 1.82) is 0 Å². The van der Waals surface area contributed by atoms with E-state index in [0.717, 1.165) is 31.9 Å². The second kappa shape index (κ2) is 7.62. The van der Waals surface area contributed by atoms with Crippen molar-refractivity contribution in [2.24, 2.45) is 0 Å². The van der Waals surface area contributed by atoms with Crippen molar-refractivity contribution in [1.82, 2.24) is 24.7 Å². The Morgan fingerprint density at radius 1 is 0.852 bits per heavy atom. The van der Waals surface area contributed by atoms with Crippen LogP contribution in [0.4, 0.5) is 5.69 Å². The van der Waals surface area contributed by atoms with Crippen LogP contribution < -0.4 is 4.90 Å². The summed E-state index contributed by atoms with van der Waals surface area (Å²) in [5.74, 6) is 0. The molecule has 0 radical (unpaired) electrons. The third-order valence-corrected chi connectivity index (χ3v) is 5.59. The van der Waals surface area contributed by atoms with E-state index < -0.39 is 0 Å². The van der Waals surface area contributed by atoms with Gasteiger partial charge in [0.05, 0.1) is 12.4 Å². The molecule has 0 aliphatic carbocycles. The summed E-state index contributed by atoms with van der Waals surface area (Å²) in [6.45, 7) is 8.83. The fourth-order valence-electron chi connectivity index (χ4n) is 3.36. The Kier molecular flexibility index (Phi) is 5.05. The van der Waals surface area contributed by atoms with E-state index in [1.807, 2.05) is 10.7 Å². The first-order chi connectivity index (χ1) is 13.1. The van der Waals surface area contributed by atoms with Crippen LogP contribution in [0.25, 0.3) is 5.69 Å². The van der Waals surface area contributed by atoms with E-state index in [1.165, 1.54) is 16.8 Å². The molecule has 1 fully saturated rings. The van der Waals surface area contributed by atoms with Crippen LogP contribution in [0, 0.1) is 18.6 Å². The van der Waals surface area contributed by atoms with E-state index in [1.54, 1.807) is 4.68 Å². The Hall–Kier alpha value is -2.51. The summed E-state index contributed by atoms with van der Waals surface area (Å²) in [7, 11) is 0. The number of benzene rings is 2. The molecular formula is C20H24N6S. The zero-order valence-electron chi connectivity index (χ0n) is 15.7. The first kappa shape index (κ1) is 17.9. The van der Waals surface area contributed by atoms with Gasteiger partial charge in [-0.2, -0.15) is 4.68 Å². The van der Waals surface area contributed by atoms with Gasteiger partial charge in [-0.1, -0.05) is 24.3 Å². The average molecular weight is 381 g/mol. The van der Waals surface area contributed by atoms with Crippen LogP contribution in [0.2, 0.25) is 0 Å². The number of anilines is 1. The summed E-state index contributed by atoms with van der Waals surface area (Å²) >= 11 is 5.62. The molecule has 2 heterocycles. The molecule has 1 aliphatic rings. The molecule has 0 bridgehead atoms. The second-order valence-electron chi connectivity index (χ2n) is 7.02. The highest BCUT2D eigenvalue weighted by Gasteiger charge is 2.18. The fourth-order valence-corrected chi connectivity index (χ4v) is 3.59. The minimum absolute atomic E-state index is 0.628. The normalized spacial score (nSPS) is 15.3. The lowest BCUT2D eigenvalue weighted by molar-refractivity contribution is 0.193. The standard InChI is InChI=1S/C20H24N6S/c1-16-8-9-19(14-17(16)2)26-20(27)25(21-22-26)15-23-10-12-24(13-11-23)18-6-4-3-5-7-18/h3-9,14H,10-13,15H2,1-2H3. The van der Waals surface area contributed by atoms with Crippen LogP contribution in [-0.2, 0) is 6.67 Å². The number of para-hydroxylation sites is 1. The molecule has 0 spiro atoms. The maximum Gasteiger partial charge on any atom is 0.221 e. The van der Waals surface area contributed by atoms with Gasteiger partial charge in [0.25, 0.3) is 0 Å². The summed E-state index contributed by atoms with van der Waals surface area (Å²) in [4.78, 5) is 4.79. The second-order valence-corrected chi connectivity index (χ2v) is 7.39. The largest absolute Gasteiger partial charge is 0.369 e. The van der Waals surface area contributed by atoms with Crippen LogP contribution in [0.5, 0.6) is 0 Å². The molecule has 27 heavy (non-hydrogen) atoms. The monoisotopic (exact) mass is 380 g/mol. The highest BCUT2D eigenvalue weighted by molar-refractivity contribution is 7.71. The molecule has 1 aromatic heterocycles.